The van der Waals surface area contributed by atoms with Crippen molar-refractivity contribution in [2.24, 2.45) is 0 Å². The van der Waals surface area contributed by atoms with Gasteiger partial charge in [0.1, 0.15) is 0 Å². The standard InChI is InChI=1S/C12H24N2O/c1-10(12-4-2-3-9-15-12)14-11-5-7-13-8-6-11/h10-14H,2-9H2,1H3. The summed E-state index contributed by atoms with van der Waals surface area (Å²) >= 11 is 0. The fourth-order valence-corrected chi connectivity index (χ4v) is 2.63. The largest absolute Gasteiger partial charge is 0.377 e. The van der Waals surface area contributed by atoms with E-state index in [1.54, 1.807) is 0 Å². The number of ether oxygens (including phenoxy) is 1. The molecular formula is C12H24N2O. The van der Waals surface area contributed by atoms with Crippen LogP contribution in [0.25, 0.3) is 0 Å². The molecule has 2 saturated heterocycles. The Hall–Kier alpha value is -0.120. The van der Waals surface area contributed by atoms with E-state index in [0.717, 1.165) is 19.7 Å². The van der Waals surface area contributed by atoms with E-state index >= 15 is 0 Å². The predicted octanol–water partition coefficient (Wildman–Crippen LogP) is 1.29. The minimum absolute atomic E-state index is 0.452. The molecule has 0 aromatic heterocycles. The highest BCUT2D eigenvalue weighted by atomic mass is 16.5. The molecular weight excluding hydrogens is 188 g/mol. The predicted molar refractivity (Wildman–Crippen MR) is 62.1 cm³/mol. The maximum Gasteiger partial charge on any atom is 0.0725 e. The Morgan fingerprint density at radius 3 is 2.67 bits per heavy atom. The minimum atomic E-state index is 0.452. The van der Waals surface area contributed by atoms with Crippen molar-refractivity contribution in [3.05, 3.63) is 0 Å². The summed E-state index contributed by atoms with van der Waals surface area (Å²) in [5.41, 5.74) is 0. The molecule has 2 aliphatic rings. The van der Waals surface area contributed by atoms with Crippen LogP contribution in [0.2, 0.25) is 0 Å². The van der Waals surface area contributed by atoms with Crippen LogP contribution in [0.1, 0.15) is 39.0 Å². The van der Waals surface area contributed by atoms with Crippen LogP contribution < -0.4 is 10.6 Å². The first kappa shape index (κ1) is 11.4. The third-order valence-corrected chi connectivity index (χ3v) is 3.61. The van der Waals surface area contributed by atoms with Gasteiger partial charge in [0, 0.05) is 18.7 Å². The van der Waals surface area contributed by atoms with Crippen molar-refractivity contribution in [3.8, 4) is 0 Å². The Balaban J connectivity index is 1.72. The zero-order valence-electron chi connectivity index (χ0n) is 9.80. The van der Waals surface area contributed by atoms with Gasteiger partial charge in [-0.05, 0) is 52.1 Å². The van der Waals surface area contributed by atoms with Crippen LogP contribution in [0, 0.1) is 0 Å². The second-order valence-electron chi connectivity index (χ2n) is 4.88. The third-order valence-electron chi connectivity index (χ3n) is 3.61. The van der Waals surface area contributed by atoms with Gasteiger partial charge in [-0.2, -0.15) is 0 Å². The van der Waals surface area contributed by atoms with Gasteiger partial charge < -0.3 is 15.4 Å². The Bertz CT molecular complexity index is 174. The molecule has 0 amide bonds. The first-order chi connectivity index (χ1) is 7.36. The lowest BCUT2D eigenvalue weighted by Crippen LogP contribution is -2.49. The van der Waals surface area contributed by atoms with Crippen LogP contribution >= 0.6 is 0 Å². The highest BCUT2D eigenvalue weighted by Gasteiger charge is 2.23. The van der Waals surface area contributed by atoms with Gasteiger partial charge in [-0.15, -0.1) is 0 Å². The molecule has 2 atom stereocenters. The maximum atomic E-state index is 5.80. The lowest BCUT2D eigenvalue weighted by Gasteiger charge is -2.33. The van der Waals surface area contributed by atoms with E-state index in [-0.39, 0.29) is 0 Å². The van der Waals surface area contributed by atoms with Gasteiger partial charge in [0.05, 0.1) is 6.10 Å². The average Bonchev–Trinajstić information content (AvgIpc) is 2.31. The summed E-state index contributed by atoms with van der Waals surface area (Å²) in [4.78, 5) is 0. The van der Waals surface area contributed by atoms with Gasteiger partial charge >= 0.3 is 0 Å². The average molecular weight is 212 g/mol. The summed E-state index contributed by atoms with van der Waals surface area (Å²) in [5.74, 6) is 0. The van der Waals surface area contributed by atoms with Gasteiger partial charge in [0.15, 0.2) is 0 Å². The molecule has 0 saturated carbocycles. The lowest BCUT2D eigenvalue weighted by atomic mass is 10.00. The fraction of sp³-hybridized carbons (Fsp3) is 1.00. The zero-order chi connectivity index (χ0) is 10.5. The normalized spacial score (nSPS) is 31.4. The molecule has 0 bridgehead atoms. The number of hydrogen-bond acceptors (Lipinski definition) is 3. The molecule has 2 unspecified atom stereocenters. The van der Waals surface area contributed by atoms with Gasteiger partial charge in [-0.25, -0.2) is 0 Å². The lowest BCUT2D eigenvalue weighted by molar-refractivity contribution is -0.00671. The molecule has 2 aliphatic heterocycles. The molecule has 0 aromatic rings. The van der Waals surface area contributed by atoms with E-state index in [9.17, 15) is 0 Å². The smallest absolute Gasteiger partial charge is 0.0725 e. The first-order valence-electron chi connectivity index (χ1n) is 6.44. The van der Waals surface area contributed by atoms with E-state index in [1.807, 2.05) is 0 Å². The van der Waals surface area contributed by atoms with Crippen molar-refractivity contribution < 1.29 is 4.74 Å². The Kier molecular flexibility index (Phi) is 4.42. The van der Waals surface area contributed by atoms with Crippen molar-refractivity contribution in [1.82, 2.24) is 10.6 Å². The Labute approximate surface area is 93.0 Å². The minimum Gasteiger partial charge on any atom is -0.377 e. The summed E-state index contributed by atoms with van der Waals surface area (Å²) in [6.07, 6.45) is 6.79. The second kappa shape index (κ2) is 5.83. The number of nitrogens with one attached hydrogen (secondary N) is 2. The SMILES string of the molecule is CC(NC1CCNCC1)C1CCCCO1. The van der Waals surface area contributed by atoms with E-state index < -0.39 is 0 Å². The molecule has 3 heteroatoms. The molecule has 2 fully saturated rings. The van der Waals surface area contributed by atoms with Crippen molar-refractivity contribution in [1.29, 1.82) is 0 Å². The van der Waals surface area contributed by atoms with Crippen LogP contribution in [0.4, 0.5) is 0 Å². The molecule has 2 rings (SSSR count). The van der Waals surface area contributed by atoms with Gasteiger partial charge in [0.25, 0.3) is 0 Å². The highest BCUT2D eigenvalue weighted by molar-refractivity contribution is 4.82. The number of piperidine rings is 1. The van der Waals surface area contributed by atoms with Crippen molar-refractivity contribution in [2.75, 3.05) is 19.7 Å². The molecule has 2 heterocycles. The molecule has 2 N–H and O–H groups in total. The topological polar surface area (TPSA) is 33.3 Å². The van der Waals surface area contributed by atoms with Crippen LogP contribution in [-0.2, 0) is 4.74 Å². The van der Waals surface area contributed by atoms with Crippen LogP contribution in [-0.4, -0.2) is 37.9 Å². The molecule has 88 valence electrons. The van der Waals surface area contributed by atoms with Crippen LogP contribution in [0.5, 0.6) is 0 Å². The fourth-order valence-electron chi connectivity index (χ4n) is 2.63. The second-order valence-corrected chi connectivity index (χ2v) is 4.88. The van der Waals surface area contributed by atoms with E-state index in [0.29, 0.717) is 18.2 Å². The van der Waals surface area contributed by atoms with E-state index in [1.165, 1.54) is 32.1 Å². The number of rotatable bonds is 3. The number of hydrogen-bond donors (Lipinski definition) is 2. The molecule has 0 aromatic carbocycles. The van der Waals surface area contributed by atoms with Crippen LogP contribution in [0.3, 0.4) is 0 Å². The monoisotopic (exact) mass is 212 g/mol. The quantitative estimate of drug-likeness (QED) is 0.739. The van der Waals surface area contributed by atoms with Crippen LogP contribution in [0.15, 0.2) is 0 Å². The van der Waals surface area contributed by atoms with E-state index in [2.05, 4.69) is 17.6 Å². The molecule has 0 aliphatic carbocycles. The van der Waals surface area contributed by atoms with Gasteiger partial charge in [-0.3, -0.25) is 0 Å². The summed E-state index contributed by atoms with van der Waals surface area (Å²) in [6.45, 7) is 5.56. The molecule has 0 radical (unpaired) electrons. The first-order valence-corrected chi connectivity index (χ1v) is 6.44. The van der Waals surface area contributed by atoms with E-state index in [4.69, 9.17) is 4.74 Å². The Morgan fingerprint density at radius 1 is 1.20 bits per heavy atom. The third kappa shape index (κ3) is 3.44. The molecule has 3 nitrogen and oxygen atoms in total. The highest BCUT2D eigenvalue weighted by Crippen LogP contribution is 2.17. The Morgan fingerprint density at radius 2 is 2.00 bits per heavy atom. The molecule has 15 heavy (non-hydrogen) atoms. The summed E-state index contributed by atoms with van der Waals surface area (Å²) in [6, 6.07) is 1.22. The van der Waals surface area contributed by atoms with Gasteiger partial charge in [0.2, 0.25) is 0 Å². The maximum absolute atomic E-state index is 5.80. The summed E-state index contributed by atoms with van der Waals surface area (Å²) < 4.78 is 5.80. The van der Waals surface area contributed by atoms with Crippen molar-refractivity contribution in [2.45, 2.75) is 57.2 Å². The van der Waals surface area contributed by atoms with Crippen molar-refractivity contribution >= 4 is 0 Å². The van der Waals surface area contributed by atoms with Gasteiger partial charge in [-0.1, -0.05) is 0 Å². The summed E-state index contributed by atoms with van der Waals surface area (Å²) in [7, 11) is 0. The summed E-state index contributed by atoms with van der Waals surface area (Å²) in [5, 5.41) is 7.12. The molecule has 0 spiro atoms. The zero-order valence-corrected chi connectivity index (χ0v) is 9.80. The van der Waals surface area contributed by atoms with Crippen molar-refractivity contribution in [3.63, 3.8) is 0 Å².